The molecule has 2 aromatic rings. The fraction of sp³-hybridized carbons (Fsp3) is 0.350. The Bertz CT molecular complexity index is 867. The molecule has 2 aromatic carbocycles. The standard InChI is InChI=1S/C20H20F4N2O2/c1-11-6-14(27)4-5-26(10-11)18-7-12(2-3-15(18)21)20(28)25-13-8-16(22)19(24)17(23)9-13/h2-3,7-9,11,14,27H,4-6,10H2,1H3,(H,25,28). The van der Waals surface area contributed by atoms with Crippen LogP contribution >= 0.6 is 0 Å². The van der Waals surface area contributed by atoms with Crippen LogP contribution in [-0.2, 0) is 0 Å². The van der Waals surface area contributed by atoms with Crippen LogP contribution in [0.1, 0.15) is 30.1 Å². The molecule has 2 atom stereocenters. The highest BCUT2D eigenvalue weighted by molar-refractivity contribution is 6.04. The van der Waals surface area contributed by atoms with E-state index in [0.29, 0.717) is 38.1 Å². The molecule has 28 heavy (non-hydrogen) atoms. The highest BCUT2D eigenvalue weighted by Gasteiger charge is 2.23. The van der Waals surface area contributed by atoms with E-state index in [0.717, 1.165) is 6.07 Å². The Labute approximate surface area is 159 Å². The molecule has 0 radical (unpaired) electrons. The Morgan fingerprint density at radius 1 is 1.11 bits per heavy atom. The van der Waals surface area contributed by atoms with Crippen LogP contribution < -0.4 is 10.2 Å². The van der Waals surface area contributed by atoms with E-state index < -0.39 is 35.3 Å². The summed E-state index contributed by atoms with van der Waals surface area (Å²) in [6.07, 6.45) is 0.631. The van der Waals surface area contributed by atoms with Crippen molar-refractivity contribution in [2.75, 3.05) is 23.3 Å². The number of aliphatic hydroxyl groups excluding tert-OH is 1. The zero-order valence-electron chi connectivity index (χ0n) is 15.2. The van der Waals surface area contributed by atoms with Gasteiger partial charge in [-0.3, -0.25) is 4.79 Å². The van der Waals surface area contributed by atoms with Crippen molar-refractivity contribution < 1.29 is 27.5 Å². The zero-order chi connectivity index (χ0) is 20.4. The second-order valence-electron chi connectivity index (χ2n) is 7.10. The van der Waals surface area contributed by atoms with Gasteiger partial charge in [-0.1, -0.05) is 6.92 Å². The molecular formula is C20H20F4N2O2. The van der Waals surface area contributed by atoms with Crippen LogP contribution in [0.4, 0.5) is 28.9 Å². The summed E-state index contributed by atoms with van der Waals surface area (Å²) in [5, 5.41) is 12.2. The summed E-state index contributed by atoms with van der Waals surface area (Å²) in [6.45, 7) is 2.91. The normalized spacial score (nSPS) is 20.0. The van der Waals surface area contributed by atoms with E-state index in [1.165, 1.54) is 12.1 Å². The highest BCUT2D eigenvalue weighted by atomic mass is 19.2. The summed E-state index contributed by atoms with van der Waals surface area (Å²) in [5.74, 6) is -5.56. The number of halogens is 4. The predicted octanol–water partition coefficient (Wildman–Crippen LogP) is 4.09. The van der Waals surface area contributed by atoms with Crippen LogP contribution in [0, 0.1) is 29.2 Å². The minimum atomic E-state index is -1.63. The lowest BCUT2D eigenvalue weighted by Crippen LogP contribution is -2.28. The van der Waals surface area contributed by atoms with Crippen molar-refractivity contribution in [2.45, 2.75) is 25.9 Å². The average molecular weight is 396 g/mol. The van der Waals surface area contributed by atoms with Gasteiger partial charge in [0.15, 0.2) is 17.5 Å². The summed E-state index contributed by atoms with van der Waals surface area (Å²) in [6, 6.07) is 5.07. The van der Waals surface area contributed by atoms with Crippen molar-refractivity contribution in [1.82, 2.24) is 0 Å². The molecule has 0 spiro atoms. The van der Waals surface area contributed by atoms with Crippen molar-refractivity contribution in [3.8, 4) is 0 Å². The number of carbonyl (C=O) groups excluding carboxylic acids is 1. The molecule has 3 rings (SSSR count). The van der Waals surface area contributed by atoms with E-state index in [4.69, 9.17) is 0 Å². The van der Waals surface area contributed by atoms with Crippen LogP contribution in [0.25, 0.3) is 0 Å². The number of anilines is 2. The van der Waals surface area contributed by atoms with E-state index in [2.05, 4.69) is 5.32 Å². The molecule has 0 aliphatic carbocycles. The van der Waals surface area contributed by atoms with Gasteiger partial charge in [-0.25, -0.2) is 17.6 Å². The summed E-state index contributed by atoms with van der Waals surface area (Å²) >= 11 is 0. The molecule has 1 heterocycles. The lowest BCUT2D eigenvalue weighted by atomic mass is 10.0. The fourth-order valence-electron chi connectivity index (χ4n) is 3.38. The van der Waals surface area contributed by atoms with Crippen LogP contribution in [0.2, 0.25) is 0 Å². The zero-order valence-corrected chi connectivity index (χ0v) is 15.2. The minimum Gasteiger partial charge on any atom is -0.393 e. The van der Waals surface area contributed by atoms with Gasteiger partial charge in [0.1, 0.15) is 5.82 Å². The van der Waals surface area contributed by atoms with Crippen LogP contribution in [0.15, 0.2) is 30.3 Å². The number of carbonyl (C=O) groups is 1. The molecular weight excluding hydrogens is 376 g/mol. The molecule has 150 valence electrons. The highest BCUT2D eigenvalue weighted by Crippen LogP contribution is 2.27. The molecule has 0 bridgehead atoms. The number of hydrogen-bond donors (Lipinski definition) is 2. The first-order chi connectivity index (χ1) is 13.2. The second-order valence-corrected chi connectivity index (χ2v) is 7.10. The van der Waals surface area contributed by atoms with Crippen molar-refractivity contribution >= 4 is 17.3 Å². The molecule has 8 heteroatoms. The maximum Gasteiger partial charge on any atom is 0.255 e. The second kappa shape index (κ2) is 8.18. The first kappa shape index (κ1) is 20.1. The van der Waals surface area contributed by atoms with E-state index in [-0.39, 0.29) is 22.9 Å². The molecule has 0 aromatic heterocycles. The number of hydrogen-bond acceptors (Lipinski definition) is 3. The van der Waals surface area contributed by atoms with Crippen molar-refractivity contribution in [3.63, 3.8) is 0 Å². The number of nitrogens with zero attached hydrogens (tertiary/aromatic N) is 1. The molecule has 2 N–H and O–H groups in total. The number of amides is 1. The van der Waals surface area contributed by atoms with Crippen LogP contribution in [0.3, 0.4) is 0 Å². The number of aliphatic hydroxyl groups is 1. The Morgan fingerprint density at radius 2 is 1.79 bits per heavy atom. The van der Waals surface area contributed by atoms with Gasteiger partial charge in [0.25, 0.3) is 5.91 Å². The summed E-state index contributed by atoms with van der Waals surface area (Å²) < 4.78 is 54.0. The Balaban J connectivity index is 1.83. The average Bonchev–Trinajstić information content (AvgIpc) is 2.80. The molecule has 0 saturated carbocycles. The van der Waals surface area contributed by atoms with Crippen molar-refractivity contribution in [2.24, 2.45) is 5.92 Å². The van der Waals surface area contributed by atoms with E-state index in [9.17, 15) is 27.5 Å². The van der Waals surface area contributed by atoms with Crippen molar-refractivity contribution in [1.29, 1.82) is 0 Å². The predicted molar refractivity (Wildman–Crippen MR) is 97.3 cm³/mol. The maximum absolute atomic E-state index is 14.4. The Kier molecular flexibility index (Phi) is 5.88. The third-order valence-corrected chi connectivity index (χ3v) is 4.73. The topological polar surface area (TPSA) is 52.6 Å². The van der Waals surface area contributed by atoms with Gasteiger partial charge in [0, 0.05) is 36.5 Å². The van der Waals surface area contributed by atoms with Crippen LogP contribution in [0.5, 0.6) is 0 Å². The molecule has 4 nitrogen and oxygen atoms in total. The van der Waals surface area contributed by atoms with Gasteiger partial charge < -0.3 is 15.3 Å². The summed E-state index contributed by atoms with van der Waals surface area (Å²) in [5.41, 5.74) is 0.0443. The lowest BCUT2D eigenvalue weighted by Gasteiger charge is -2.25. The minimum absolute atomic E-state index is 0.0824. The fourth-order valence-corrected chi connectivity index (χ4v) is 3.38. The van der Waals surface area contributed by atoms with Gasteiger partial charge in [0.05, 0.1) is 11.8 Å². The quantitative estimate of drug-likeness (QED) is 0.607. The smallest absolute Gasteiger partial charge is 0.255 e. The molecule has 1 fully saturated rings. The summed E-state index contributed by atoms with van der Waals surface area (Å²) in [4.78, 5) is 14.2. The van der Waals surface area contributed by atoms with Gasteiger partial charge in [-0.2, -0.15) is 0 Å². The van der Waals surface area contributed by atoms with Gasteiger partial charge >= 0.3 is 0 Å². The molecule has 1 saturated heterocycles. The number of benzene rings is 2. The van der Waals surface area contributed by atoms with E-state index in [1.54, 1.807) is 4.90 Å². The Morgan fingerprint density at radius 3 is 2.46 bits per heavy atom. The van der Waals surface area contributed by atoms with Gasteiger partial charge in [-0.05, 0) is 37.0 Å². The molecule has 1 amide bonds. The largest absolute Gasteiger partial charge is 0.393 e. The molecule has 1 aliphatic rings. The monoisotopic (exact) mass is 396 g/mol. The third kappa shape index (κ3) is 4.44. The first-order valence-electron chi connectivity index (χ1n) is 8.93. The van der Waals surface area contributed by atoms with Gasteiger partial charge in [-0.15, -0.1) is 0 Å². The molecule has 1 aliphatic heterocycles. The van der Waals surface area contributed by atoms with Gasteiger partial charge in [0.2, 0.25) is 0 Å². The lowest BCUT2D eigenvalue weighted by molar-refractivity contribution is 0.102. The number of rotatable bonds is 3. The van der Waals surface area contributed by atoms with E-state index in [1.807, 2.05) is 6.92 Å². The molecule has 2 unspecified atom stereocenters. The van der Waals surface area contributed by atoms with Crippen molar-refractivity contribution in [3.05, 3.63) is 59.2 Å². The number of nitrogens with one attached hydrogen (secondary N) is 1. The van der Waals surface area contributed by atoms with E-state index >= 15 is 0 Å². The first-order valence-corrected chi connectivity index (χ1v) is 8.93. The maximum atomic E-state index is 14.4. The SMILES string of the molecule is CC1CC(O)CCN(c2cc(C(=O)Nc3cc(F)c(F)c(F)c3)ccc2F)C1. The van der Waals surface area contributed by atoms with Crippen LogP contribution in [-0.4, -0.2) is 30.2 Å². The Hall–Kier alpha value is -2.61. The third-order valence-electron chi connectivity index (χ3n) is 4.73. The summed E-state index contributed by atoms with van der Waals surface area (Å²) in [7, 11) is 0.